The number of hydrogen-bond acceptors (Lipinski definition) is 5. The van der Waals surface area contributed by atoms with Crippen LogP contribution in [-0.4, -0.2) is 51.4 Å². The van der Waals surface area contributed by atoms with Crippen LogP contribution in [0.25, 0.3) is 10.8 Å². The first-order valence-corrected chi connectivity index (χ1v) is 14.7. The van der Waals surface area contributed by atoms with Gasteiger partial charge in [0.25, 0.3) is 21.8 Å². The topological polar surface area (TPSA) is 105 Å². The second kappa shape index (κ2) is 11.9. The Morgan fingerprint density at radius 2 is 1.50 bits per heavy atom. The molecule has 4 aromatic rings. The number of anilines is 1. The van der Waals surface area contributed by atoms with E-state index in [0.717, 1.165) is 5.56 Å². The summed E-state index contributed by atoms with van der Waals surface area (Å²) >= 11 is 12.0. The van der Waals surface area contributed by atoms with Crippen molar-refractivity contribution in [3.05, 3.63) is 106 Å². The Balaban J connectivity index is 1.31. The zero-order valence-corrected chi connectivity index (χ0v) is 23.5. The van der Waals surface area contributed by atoms with Gasteiger partial charge in [0.1, 0.15) is 0 Å². The number of halogens is 2. The van der Waals surface area contributed by atoms with Gasteiger partial charge >= 0.3 is 0 Å². The third kappa shape index (κ3) is 6.23. The molecule has 0 bridgehead atoms. The van der Waals surface area contributed by atoms with Crippen LogP contribution >= 0.6 is 23.2 Å². The molecule has 0 aliphatic carbocycles. The molecule has 0 atom stereocenters. The number of rotatable bonds is 7. The Kier molecular flexibility index (Phi) is 8.27. The van der Waals surface area contributed by atoms with Crippen molar-refractivity contribution in [2.45, 2.75) is 11.4 Å². The largest absolute Gasteiger partial charge is 0.378 e. The van der Waals surface area contributed by atoms with E-state index in [1.54, 1.807) is 53.4 Å². The first kappa shape index (κ1) is 27.9. The molecule has 1 heterocycles. The van der Waals surface area contributed by atoms with Crippen LogP contribution in [0.5, 0.6) is 0 Å². The van der Waals surface area contributed by atoms with Crippen molar-refractivity contribution in [1.29, 1.82) is 0 Å². The van der Waals surface area contributed by atoms with E-state index >= 15 is 0 Å². The highest BCUT2D eigenvalue weighted by Gasteiger charge is 2.20. The van der Waals surface area contributed by atoms with Gasteiger partial charge in [-0.1, -0.05) is 59.6 Å². The highest BCUT2D eigenvalue weighted by atomic mass is 35.5. The smallest absolute Gasteiger partial charge is 0.262 e. The predicted octanol–water partition coefficient (Wildman–Crippen LogP) is 5.35. The summed E-state index contributed by atoms with van der Waals surface area (Å²) in [7, 11) is -4.00. The third-order valence-corrected chi connectivity index (χ3v) is 8.29. The van der Waals surface area contributed by atoms with Crippen molar-refractivity contribution in [2.24, 2.45) is 0 Å². The highest BCUT2D eigenvalue weighted by Crippen LogP contribution is 2.30. The number of carbonyl (C=O) groups excluding carboxylic acids is 2. The minimum absolute atomic E-state index is 0.0421. The molecular formula is C29H25Cl2N3O5S. The molecule has 4 aromatic carbocycles. The van der Waals surface area contributed by atoms with E-state index in [9.17, 15) is 18.0 Å². The van der Waals surface area contributed by atoms with Crippen LogP contribution in [0, 0.1) is 0 Å². The molecule has 11 heteroatoms. The van der Waals surface area contributed by atoms with Crippen LogP contribution in [0.1, 0.15) is 26.3 Å². The summed E-state index contributed by atoms with van der Waals surface area (Å²) in [5.41, 5.74) is 2.12. The summed E-state index contributed by atoms with van der Waals surface area (Å²) in [6.45, 7) is 2.46. The zero-order valence-electron chi connectivity index (χ0n) is 21.2. The Hall–Kier alpha value is -3.63. The van der Waals surface area contributed by atoms with Gasteiger partial charge in [0.15, 0.2) is 0 Å². The van der Waals surface area contributed by atoms with Gasteiger partial charge in [0.2, 0.25) is 0 Å². The maximum atomic E-state index is 13.2. The fourth-order valence-corrected chi connectivity index (χ4v) is 6.28. The van der Waals surface area contributed by atoms with E-state index in [1.807, 2.05) is 12.1 Å². The maximum absolute atomic E-state index is 13.2. The fourth-order valence-electron chi connectivity index (χ4n) is 4.48. The quantitative estimate of drug-likeness (QED) is 0.299. The lowest BCUT2D eigenvalue weighted by Crippen LogP contribution is -2.40. The van der Waals surface area contributed by atoms with Gasteiger partial charge in [-0.15, -0.1) is 0 Å². The molecule has 0 saturated carbocycles. The van der Waals surface area contributed by atoms with Crippen LogP contribution in [0.4, 0.5) is 5.69 Å². The second-order valence-electron chi connectivity index (χ2n) is 9.20. The number of morpholine rings is 1. The zero-order chi connectivity index (χ0) is 28.3. The molecular weight excluding hydrogens is 573 g/mol. The van der Waals surface area contributed by atoms with E-state index < -0.39 is 10.0 Å². The fraction of sp³-hybridized carbons (Fsp3) is 0.172. The Morgan fingerprint density at radius 3 is 2.20 bits per heavy atom. The molecule has 1 fully saturated rings. The van der Waals surface area contributed by atoms with Crippen molar-refractivity contribution in [1.82, 2.24) is 10.2 Å². The lowest BCUT2D eigenvalue weighted by Gasteiger charge is -2.26. The first-order valence-electron chi connectivity index (χ1n) is 12.5. The molecule has 206 valence electrons. The van der Waals surface area contributed by atoms with E-state index in [0.29, 0.717) is 53.9 Å². The Labute approximate surface area is 241 Å². The van der Waals surface area contributed by atoms with Crippen LogP contribution in [0.2, 0.25) is 10.0 Å². The summed E-state index contributed by atoms with van der Waals surface area (Å²) in [6, 6.07) is 21.3. The SMILES string of the molecule is O=C(NCc1ccc(C(=O)N2CCOCC2)cc1)c1cccc2c(NS(=O)(=O)c3cc(Cl)cc(Cl)c3)cccc12. The normalized spacial score (nSPS) is 13.7. The summed E-state index contributed by atoms with van der Waals surface area (Å²) < 4.78 is 34.0. The van der Waals surface area contributed by atoms with Crippen molar-refractivity contribution >= 4 is 61.5 Å². The van der Waals surface area contributed by atoms with Gasteiger partial charge in [0, 0.05) is 46.2 Å². The van der Waals surface area contributed by atoms with Gasteiger partial charge in [-0.05, 0) is 53.4 Å². The van der Waals surface area contributed by atoms with Gasteiger partial charge < -0.3 is 15.0 Å². The number of sulfonamides is 1. The van der Waals surface area contributed by atoms with Crippen molar-refractivity contribution < 1.29 is 22.7 Å². The first-order chi connectivity index (χ1) is 19.2. The molecule has 2 N–H and O–H groups in total. The number of carbonyl (C=O) groups is 2. The van der Waals surface area contributed by atoms with E-state index in [2.05, 4.69) is 10.0 Å². The molecule has 0 spiro atoms. The summed E-state index contributed by atoms with van der Waals surface area (Å²) in [5.74, 6) is -0.361. The Morgan fingerprint density at radius 1 is 0.850 bits per heavy atom. The molecule has 0 aromatic heterocycles. The van der Waals surface area contributed by atoms with Crippen LogP contribution < -0.4 is 10.0 Å². The molecule has 5 rings (SSSR count). The van der Waals surface area contributed by atoms with Gasteiger partial charge in [-0.25, -0.2) is 8.42 Å². The lowest BCUT2D eigenvalue weighted by atomic mass is 10.0. The molecule has 1 aliphatic heterocycles. The van der Waals surface area contributed by atoms with E-state index in [4.69, 9.17) is 27.9 Å². The van der Waals surface area contributed by atoms with E-state index in [1.165, 1.54) is 18.2 Å². The molecule has 1 saturated heterocycles. The number of ether oxygens (including phenoxy) is 1. The van der Waals surface area contributed by atoms with Gasteiger partial charge in [-0.2, -0.15) is 0 Å². The minimum atomic E-state index is -4.00. The standard InChI is InChI=1S/C29H25Cl2N3O5S/c30-21-15-22(31)17-23(16-21)40(37,38)33-27-6-2-3-24-25(27)4-1-5-26(24)28(35)32-18-19-7-9-20(10-8-19)29(36)34-11-13-39-14-12-34/h1-10,15-17,33H,11-14,18H2,(H,32,35). The monoisotopic (exact) mass is 597 g/mol. The highest BCUT2D eigenvalue weighted by molar-refractivity contribution is 7.92. The maximum Gasteiger partial charge on any atom is 0.262 e. The molecule has 2 amide bonds. The number of nitrogens with zero attached hydrogens (tertiary/aromatic N) is 1. The molecule has 8 nitrogen and oxygen atoms in total. The number of hydrogen-bond donors (Lipinski definition) is 2. The van der Waals surface area contributed by atoms with Crippen LogP contribution in [0.3, 0.4) is 0 Å². The summed E-state index contributed by atoms with van der Waals surface area (Å²) in [5, 5.41) is 4.43. The number of benzene rings is 4. The van der Waals surface area contributed by atoms with E-state index in [-0.39, 0.29) is 33.3 Å². The number of fused-ring (bicyclic) bond motifs is 1. The van der Waals surface area contributed by atoms with Crippen molar-refractivity contribution in [3.63, 3.8) is 0 Å². The van der Waals surface area contributed by atoms with Crippen molar-refractivity contribution in [2.75, 3.05) is 31.0 Å². The summed E-state index contributed by atoms with van der Waals surface area (Å²) in [6.07, 6.45) is 0. The Bertz CT molecular complexity index is 1670. The molecule has 0 unspecified atom stereocenters. The molecule has 0 radical (unpaired) electrons. The lowest BCUT2D eigenvalue weighted by molar-refractivity contribution is 0.0303. The van der Waals surface area contributed by atoms with Gasteiger partial charge in [0.05, 0.1) is 23.8 Å². The molecule has 1 aliphatic rings. The third-order valence-electron chi connectivity index (χ3n) is 6.51. The average Bonchev–Trinajstić information content (AvgIpc) is 2.95. The summed E-state index contributed by atoms with van der Waals surface area (Å²) in [4.78, 5) is 27.5. The molecule has 40 heavy (non-hydrogen) atoms. The van der Waals surface area contributed by atoms with Crippen molar-refractivity contribution in [3.8, 4) is 0 Å². The number of amides is 2. The second-order valence-corrected chi connectivity index (χ2v) is 11.8. The van der Waals surface area contributed by atoms with Crippen LogP contribution in [-0.2, 0) is 21.3 Å². The van der Waals surface area contributed by atoms with Crippen LogP contribution in [0.15, 0.2) is 83.8 Å². The van der Waals surface area contributed by atoms with Gasteiger partial charge in [-0.3, -0.25) is 14.3 Å². The minimum Gasteiger partial charge on any atom is -0.378 e. The number of nitrogens with one attached hydrogen (secondary N) is 2. The predicted molar refractivity (Wildman–Crippen MR) is 156 cm³/mol. The average molecular weight is 599 g/mol.